The molecule has 0 saturated carbocycles. The first-order valence-corrected chi connectivity index (χ1v) is 7.47. The van der Waals surface area contributed by atoms with Gasteiger partial charge >= 0.3 is 0 Å². The van der Waals surface area contributed by atoms with E-state index < -0.39 is 0 Å². The van der Waals surface area contributed by atoms with Gasteiger partial charge in [-0.15, -0.1) is 0 Å². The normalized spacial score (nSPS) is 12.6. The van der Waals surface area contributed by atoms with Gasteiger partial charge < -0.3 is 19.0 Å². The molecule has 0 bridgehead atoms. The van der Waals surface area contributed by atoms with E-state index in [0.717, 1.165) is 11.1 Å². The average Bonchev–Trinajstić information content (AvgIpc) is 3.18. The van der Waals surface area contributed by atoms with Crippen LogP contribution >= 0.6 is 0 Å². The van der Waals surface area contributed by atoms with Crippen LogP contribution in [0.5, 0.6) is 17.4 Å². The van der Waals surface area contributed by atoms with Crippen molar-refractivity contribution in [3.05, 3.63) is 48.5 Å². The van der Waals surface area contributed by atoms with Crippen LogP contribution in [0.1, 0.15) is 6.92 Å². The summed E-state index contributed by atoms with van der Waals surface area (Å²) in [7, 11) is 0. The topological polar surface area (TPSA) is 58.5 Å². The lowest BCUT2D eigenvalue weighted by Crippen LogP contribution is -2.35. The average molecular weight is 309 g/mol. The molecule has 3 aromatic rings. The van der Waals surface area contributed by atoms with Crippen molar-refractivity contribution in [3.8, 4) is 40.2 Å². The second kappa shape index (κ2) is 5.35. The van der Waals surface area contributed by atoms with E-state index in [1.54, 1.807) is 0 Å². The Morgan fingerprint density at radius 2 is 1.78 bits per heavy atom. The molecule has 1 aliphatic heterocycles. The Morgan fingerprint density at radius 3 is 2.57 bits per heavy atom. The molecule has 116 valence electrons. The maximum atomic E-state index is 12.4. The molecule has 0 atom stereocenters. The number of rotatable bonds is 3. The van der Waals surface area contributed by atoms with Gasteiger partial charge in [0.2, 0.25) is 12.5 Å². The van der Waals surface area contributed by atoms with Crippen molar-refractivity contribution in [1.82, 2.24) is 0 Å². The van der Waals surface area contributed by atoms with Crippen LogP contribution in [0.15, 0.2) is 52.9 Å². The highest BCUT2D eigenvalue weighted by Gasteiger charge is 2.25. The lowest BCUT2D eigenvalue weighted by molar-refractivity contribution is -0.675. The Kier molecular flexibility index (Phi) is 3.19. The van der Waals surface area contributed by atoms with Crippen molar-refractivity contribution >= 4 is 0 Å². The Hall–Kier alpha value is -2.95. The summed E-state index contributed by atoms with van der Waals surface area (Å²) in [5, 5.41) is 12.4. The van der Waals surface area contributed by atoms with E-state index in [4.69, 9.17) is 13.9 Å². The maximum absolute atomic E-state index is 12.4. The SMILES string of the molecule is CC[n+]1c(-c2ccccc2)oc([O-])c1-c1ccc2c(c1)OCO2. The molecule has 0 saturated heterocycles. The fourth-order valence-electron chi connectivity index (χ4n) is 2.82. The summed E-state index contributed by atoms with van der Waals surface area (Å²) >= 11 is 0. The number of oxazole rings is 1. The molecule has 0 aliphatic carbocycles. The third-order valence-corrected chi connectivity index (χ3v) is 3.88. The molecule has 0 amide bonds. The van der Waals surface area contributed by atoms with E-state index in [1.165, 1.54) is 0 Å². The zero-order chi connectivity index (χ0) is 15.8. The predicted octanol–water partition coefficient (Wildman–Crippen LogP) is 2.72. The number of hydrogen-bond donors (Lipinski definition) is 0. The minimum absolute atomic E-state index is 0.206. The fourth-order valence-corrected chi connectivity index (χ4v) is 2.82. The third kappa shape index (κ3) is 2.21. The molecule has 0 fully saturated rings. The highest BCUT2D eigenvalue weighted by Crippen LogP contribution is 2.38. The van der Waals surface area contributed by atoms with Crippen molar-refractivity contribution in [3.63, 3.8) is 0 Å². The van der Waals surface area contributed by atoms with Crippen LogP contribution in [0.4, 0.5) is 0 Å². The summed E-state index contributed by atoms with van der Waals surface area (Å²) in [5.41, 5.74) is 2.15. The lowest BCUT2D eigenvalue weighted by Gasteiger charge is -2.03. The molecule has 1 aliphatic rings. The first kappa shape index (κ1) is 13.7. The molecule has 0 radical (unpaired) electrons. The predicted molar refractivity (Wildman–Crippen MR) is 81.0 cm³/mol. The first-order valence-electron chi connectivity index (χ1n) is 7.47. The van der Waals surface area contributed by atoms with Gasteiger partial charge in [0.25, 0.3) is 5.89 Å². The number of ether oxygens (including phenoxy) is 2. The van der Waals surface area contributed by atoms with Gasteiger partial charge in [-0.2, -0.15) is 4.57 Å². The summed E-state index contributed by atoms with van der Waals surface area (Å²) < 4.78 is 18.1. The van der Waals surface area contributed by atoms with Crippen molar-refractivity contribution < 1.29 is 23.6 Å². The molecule has 5 nitrogen and oxygen atoms in total. The molecular formula is C18H15NO4. The molecule has 1 aromatic heterocycles. The van der Waals surface area contributed by atoms with Crippen molar-refractivity contribution in [1.29, 1.82) is 0 Å². The summed E-state index contributed by atoms with van der Waals surface area (Å²) in [6, 6.07) is 15.1. The first-order chi connectivity index (χ1) is 11.3. The van der Waals surface area contributed by atoms with Gasteiger partial charge in [-0.25, -0.2) is 0 Å². The van der Waals surface area contributed by atoms with Gasteiger partial charge in [-0.05, 0) is 37.3 Å². The summed E-state index contributed by atoms with van der Waals surface area (Å²) in [4.78, 5) is 0. The van der Waals surface area contributed by atoms with Gasteiger partial charge in [-0.1, -0.05) is 18.2 Å². The minimum atomic E-state index is -0.357. The Balaban J connectivity index is 1.88. The minimum Gasteiger partial charge on any atom is -0.540 e. The second-order valence-corrected chi connectivity index (χ2v) is 5.22. The maximum Gasteiger partial charge on any atom is 0.269 e. The van der Waals surface area contributed by atoms with E-state index >= 15 is 0 Å². The van der Waals surface area contributed by atoms with Crippen molar-refractivity contribution in [2.24, 2.45) is 0 Å². The monoisotopic (exact) mass is 309 g/mol. The molecule has 5 heteroatoms. The van der Waals surface area contributed by atoms with Gasteiger partial charge in [0.05, 0.1) is 11.1 Å². The van der Waals surface area contributed by atoms with E-state index in [1.807, 2.05) is 60.0 Å². The van der Waals surface area contributed by atoms with Gasteiger partial charge in [0.1, 0.15) is 12.5 Å². The molecule has 4 rings (SSSR count). The van der Waals surface area contributed by atoms with Crippen LogP contribution in [-0.4, -0.2) is 6.79 Å². The number of benzene rings is 2. The Morgan fingerprint density at radius 1 is 1.00 bits per heavy atom. The van der Waals surface area contributed by atoms with Crippen LogP contribution in [-0.2, 0) is 6.54 Å². The molecule has 2 heterocycles. The number of nitrogens with zero attached hydrogens (tertiary/aromatic N) is 1. The Labute approximate surface area is 133 Å². The second-order valence-electron chi connectivity index (χ2n) is 5.22. The molecule has 0 spiro atoms. The summed E-state index contributed by atoms with van der Waals surface area (Å²) in [6.45, 7) is 2.81. The quantitative estimate of drug-likeness (QED) is 0.698. The van der Waals surface area contributed by atoms with E-state index in [0.29, 0.717) is 29.6 Å². The molecule has 0 unspecified atom stereocenters. The number of fused-ring (bicyclic) bond motifs is 1. The van der Waals surface area contributed by atoms with Gasteiger partial charge in [0.15, 0.2) is 11.5 Å². The van der Waals surface area contributed by atoms with E-state index in [9.17, 15) is 5.11 Å². The molecule has 2 aromatic carbocycles. The lowest BCUT2D eigenvalue weighted by atomic mass is 10.1. The van der Waals surface area contributed by atoms with Crippen LogP contribution in [0, 0.1) is 0 Å². The summed E-state index contributed by atoms with van der Waals surface area (Å²) in [5.74, 6) is 1.54. The third-order valence-electron chi connectivity index (χ3n) is 3.88. The highest BCUT2D eigenvalue weighted by atomic mass is 16.7. The van der Waals surface area contributed by atoms with E-state index in [2.05, 4.69) is 0 Å². The van der Waals surface area contributed by atoms with E-state index in [-0.39, 0.29) is 12.7 Å². The van der Waals surface area contributed by atoms with Gasteiger partial charge in [0, 0.05) is 0 Å². The largest absolute Gasteiger partial charge is 0.540 e. The number of hydrogen-bond acceptors (Lipinski definition) is 4. The van der Waals surface area contributed by atoms with Crippen molar-refractivity contribution in [2.75, 3.05) is 6.79 Å². The van der Waals surface area contributed by atoms with Crippen LogP contribution < -0.4 is 19.1 Å². The standard InChI is InChI=1S/C18H15NO4/c1-2-19-16(13-8-9-14-15(10-13)22-11-21-14)18(20)23-17(19)12-6-4-3-5-7-12/h3-10H,2,11H2,1H3. The molecule has 0 N–H and O–H groups in total. The zero-order valence-electron chi connectivity index (χ0n) is 12.6. The molecular weight excluding hydrogens is 294 g/mol. The van der Waals surface area contributed by atoms with Crippen LogP contribution in [0.2, 0.25) is 0 Å². The smallest absolute Gasteiger partial charge is 0.269 e. The summed E-state index contributed by atoms with van der Waals surface area (Å²) in [6.07, 6.45) is 0. The highest BCUT2D eigenvalue weighted by molar-refractivity contribution is 5.66. The van der Waals surface area contributed by atoms with Crippen LogP contribution in [0.3, 0.4) is 0 Å². The zero-order valence-corrected chi connectivity index (χ0v) is 12.6. The van der Waals surface area contributed by atoms with Crippen LogP contribution in [0.25, 0.3) is 22.7 Å². The van der Waals surface area contributed by atoms with Crippen molar-refractivity contribution in [2.45, 2.75) is 13.5 Å². The Bertz CT molecular complexity index is 855. The molecule has 23 heavy (non-hydrogen) atoms. The fraction of sp³-hybridized carbons (Fsp3) is 0.167. The van der Waals surface area contributed by atoms with Gasteiger partial charge in [-0.3, -0.25) is 0 Å². The number of aromatic nitrogens is 1.